The van der Waals surface area contributed by atoms with Crippen LogP contribution in [0.3, 0.4) is 0 Å². The summed E-state index contributed by atoms with van der Waals surface area (Å²) >= 11 is 0. The van der Waals surface area contributed by atoms with Gasteiger partial charge in [-0.1, -0.05) is 0 Å². The molecule has 6 heteroatoms. The van der Waals surface area contributed by atoms with Crippen LogP contribution >= 0.6 is 0 Å². The lowest BCUT2D eigenvalue weighted by Gasteiger charge is -2.47. The molecule has 1 fully saturated rings. The number of hydrogen-bond donors (Lipinski definition) is 0. The summed E-state index contributed by atoms with van der Waals surface area (Å²) in [4.78, 5) is 2.28. The van der Waals surface area contributed by atoms with Crippen LogP contribution in [0.2, 0.25) is 0 Å². The van der Waals surface area contributed by atoms with Crippen molar-refractivity contribution in [3.8, 4) is 11.5 Å². The highest BCUT2D eigenvalue weighted by molar-refractivity contribution is 5.31. The highest BCUT2D eigenvalue weighted by Crippen LogP contribution is 2.27. The van der Waals surface area contributed by atoms with Gasteiger partial charge in [0.25, 0.3) is 0 Å². The van der Waals surface area contributed by atoms with Gasteiger partial charge < -0.3 is 9.47 Å². The van der Waals surface area contributed by atoms with Crippen molar-refractivity contribution >= 4 is 0 Å². The molecule has 0 radical (unpaired) electrons. The van der Waals surface area contributed by atoms with Crippen LogP contribution in [0.15, 0.2) is 24.3 Å². The Morgan fingerprint density at radius 2 is 1.50 bits per heavy atom. The minimum absolute atomic E-state index is 0.0867. The molecular weight excluding hydrogens is 271 g/mol. The normalized spacial score (nSPS) is 17.7. The lowest BCUT2D eigenvalue weighted by Crippen LogP contribution is -2.60. The quantitative estimate of drug-likeness (QED) is 0.850. The maximum absolute atomic E-state index is 12.0. The van der Waals surface area contributed by atoms with E-state index in [4.69, 9.17) is 4.74 Å². The zero-order chi connectivity index (χ0) is 15.0. The summed E-state index contributed by atoms with van der Waals surface area (Å²) in [5.74, 6) is 0.313. The summed E-state index contributed by atoms with van der Waals surface area (Å²) in [5, 5.41) is 0. The van der Waals surface area contributed by atoms with Gasteiger partial charge in [0.15, 0.2) is 0 Å². The maximum atomic E-state index is 12.0. The van der Waals surface area contributed by atoms with Crippen molar-refractivity contribution in [3.63, 3.8) is 0 Å². The smallest absolute Gasteiger partial charge is 0.488 e. The SMILES string of the molecule is CC(C)(C)N1CC(Oc2ccc(OC(F)(F)F)cc2)C1. The molecule has 0 aromatic heterocycles. The van der Waals surface area contributed by atoms with Crippen molar-refractivity contribution in [3.05, 3.63) is 24.3 Å². The largest absolute Gasteiger partial charge is 0.573 e. The number of rotatable bonds is 3. The minimum atomic E-state index is -4.66. The van der Waals surface area contributed by atoms with Crippen LogP contribution in [0.25, 0.3) is 0 Å². The second kappa shape index (κ2) is 5.16. The van der Waals surface area contributed by atoms with Gasteiger partial charge >= 0.3 is 6.36 Å². The van der Waals surface area contributed by atoms with Crippen LogP contribution in [0.1, 0.15) is 20.8 Å². The fourth-order valence-corrected chi connectivity index (χ4v) is 1.97. The number of nitrogens with zero attached hydrogens (tertiary/aromatic N) is 1. The minimum Gasteiger partial charge on any atom is -0.488 e. The van der Waals surface area contributed by atoms with E-state index >= 15 is 0 Å². The number of ether oxygens (including phenoxy) is 2. The molecule has 0 amide bonds. The maximum Gasteiger partial charge on any atom is 0.573 e. The van der Waals surface area contributed by atoms with Gasteiger partial charge in [0.05, 0.1) is 0 Å². The predicted octanol–water partition coefficient (Wildman–Crippen LogP) is 3.45. The van der Waals surface area contributed by atoms with E-state index in [2.05, 4.69) is 30.4 Å². The van der Waals surface area contributed by atoms with E-state index in [0.717, 1.165) is 13.1 Å². The molecular formula is C14H18F3NO2. The molecule has 0 aliphatic carbocycles. The van der Waals surface area contributed by atoms with Crippen molar-refractivity contribution in [2.45, 2.75) is 38.8 Å². The molecule has 2 rings (SSSR count). The Morgan fingerprint density at radius 3 is 1.95 bits per heavy atom. The van der Waals surface area contributed by atoms with Crippen molar-refractivity contribution in [2.24, 2.45) is 0 Å². The molecule has 1 aromatic carbocycles. The topological polar surface area (TPSA) is 21.7 Å². The van der Waals surface area contributed by atoms with E-state index in [1.807, 2.05) is 0 Å². The van der Waals surface area contributed by atoms with Crippen LogP contribution in [0.4, 0.5) is 13.2 Å². The zero-order valence-corrected chi connectivity index (χ0v) is 11.7. The molecule has 0 unspecified atom stereocenters. The Kier molecular flexibility index (Phi) is 3.86. The Hall–Kier alpha value is -1.43. The van der Waals surface area contributed by atoms with E-state index < -0.39 is 6.36 Å². The number of benzene rings is 1. The molecule has 1 saturated heterocycles. The van der Waals surface area contributed by atoms with Crippen molar-refractivity contribution in [2.75, 3.05) is 13.1 Å². The van der Waals surface area contributed by atoms with Crippen LogP contribution in [0.5, 0.6) is 11.5 Å². The summed E-state index contributed by atoms with van der Waals surface area (Å²) in [6, 6.07) is 5.48. The van der Waals surface area contributed by atoms with Gasteiger partial charge in [0.1, 0.15) is 17.6 Å². The molecule has 0 bridgehead atoms. The Bertz CT molecular complexity index is 445. The van der Waals surface area contributed by atoms with E-state index in [1.54, 1.807) is 0 Å². The lowest BCUT2D eigenvalue weighted by atomic mass is 9.99. The summed E-state index contributed by atoms with van der Waals surface area (Å²) < 4.78 is 45.5. The van der Waals surface area contributed by atoms with Gasteiger partial charge in [-0.25, -0.2) is 0 Å². The first-order chi connectivity index (χ1) is 9.13. The summed E-state index contributed by atoms with van der Waals surface area (Å²) in [6.45, 7) is 8.04. The summed E-state index contributed by atoms with van der Waals surface area (Å²) in [6.07, 6.45) is -4.58. The first-order valence-electron chi connectivity index (χ1n) is 6.41. The first-order valence-corrected chi connectivity index (χ1v) is 6.41. The molecule has 1 aliphatic heterocycles. The molecule has 20 heavy (non-hydrogen) atoms. The monoisotopic (exact) mass is 289 g/mol. The standard InChI is InChI=1S/C14H18F3NO2/c1-13(2,3)18-8-12(9-18)19-10-4-6-11(7-5-10)20-14(15,16)17/h4-7,12H,8-9H2,1-3H3. The number of hydrogen-bond acceptors (Lipinski definition) is 3. The third-order valence-electron chi connectivity index (χ3n) is 3.16. The molecule has 0 atom stereocenters. The number of likely N-dealkylation sites (tertiary alicyclic amines) is 1. The fraction of sp³-hybridized carbons (Fsp3) is 0.571. The van der Waals surface area contributed by atoms with Gasteiger partial charge in [0, 0.05) is 18.6 Å². The van der Waals surface area contributed by atoms with Crippen molar-refractivity contribution < 1.29 is 22.6 Å². The second-order valence-corrected chi connectivity index (χ2v) is 5.83. The van der Waals surface area contributed by atoms with Crippen LogP contribution in [-0.2, 0) is 0 Å². The molecule has 0 N–H and O–H groups in total. The lowest BCUT2D eigenvalue weighted by molar-refractivity contribution is -0.274. The van der Waals surface area contributed by atoms with Gasteiger partial charge in [0.2, 0.25) is 0 Å². The molecule has 1 heterocycles. The fourth-order valence-electron chi connectivity index (χ4n) is 1.97. The van der Waals surface area contributed by atoms with Crippen LogP contribution in [0, 0.1) is 0 Å². The number of alkyl halides is 3. The molecule has 1 aromatic rings. The Morgan fingerprint density at radius 1 is 1.00 bits per heavy atom. The summed E-state index contributed by atoms with van der Waals surface area (Å²) in [7, 11) is 0. The molecule has 1 aliphatic rings. The highest BCUT2D eigenvalue weighted by atomic mass is 19.4. The van der Waals surface area contributed by atoms with E-state index in [0.29, 0.717) is 5.75 Å². The van der Waals surface area contributed by atoms with E-state index in [-0.39, 0.29) is 17.4 Å². The molecule has 112 valence electrons. The van der Waals surface area contributed by atoms with Gasteiger partial charge in [-0.3, -0.25) is 4.90 Å². The Balaban J connectivity index is 1.84. The Labute approximate surface area is 116 Å². The van der Waals surface area contributed by atoms with E-state index in [9.17, 15) is 13.2 Å². The van der Waals surface area contributed by atoms with Gasteiger partial charge in [-0.15, -0.1) is 13.2 Å². The predicted molar refractivity (Wildman–Crippen MR) is 68.9 cm³/mol. The first kappa shape index (κ1) is 15.0. The van der Waals surface area contributed by atoms with Crippen molar-refractivity contribution in [1.82, 2.24) is 4.90 Å². The van der Waals surface area contributed by atoms with Gasteiger partial charge in [-0.2, -0.15) is 0 Å². The van der Waals surface area contributed by atoms with Crippen LogP contribution in [-0.4, -0.2) is 36.0 Å². The third kappa shape index (κ3) is 4.03. The van der Waals surface area contributed by atoms with Gasteiger partial charge in [-0.05, 0) is 45.0 Å². The average molecular weight is 289 g/mol. The highest BCUT2D eigenvalue weighted by Gasteiger charge is 2.35. The molecule has 0 saturated carbocycles. The number of halogens is 3. The van der Waals surface area contributed by atoms with Crippen molar-refractivity contribution in [1.29, 1.82) is 0 Å². The molecule has 3 nitrogen and oxygen atoms in total. The zero-order valence-electron chi connectivity index (χ0n) is 11.7. The van der Waals surface area contributed by atoms with Crippen LogP contribution < -0.4 is 9.47 Å². The molecule has 0 spiro atoms. The second-order valence-electron chi connectivity index (χ2n) is 5.83. The average Bonchev–Trinajstić information content (AvgIpc) is 2.21. The van der Waals surface area contributed by atoms with E-state index in [1.165, 1.54) is 24.3 Å². The summed E-state index contributed by atoms with van der Waals surface area (Å²) in [5.41, 5.74) is 0.115. The third-order valence-corrected chi connectivity index (χ3v) is 3.16.